The molecule has 3 N–H and O–H groups in total. The maximum Gasteiger partial charge on any atom is 0.0511 e. The third-order valence-electron chi connectivity index (χ3n) is 3.55. The summed E-state index contributed by atoms with van der Waals surface area (Å²) in [5.74, 6) is 5.77. The van der Waals surface area contributed by atoms with Crippen molar-refractivity contribution in [1.82, 2.24) is 5.43 Å². The van der Waals surface area contributed by atoms with E-state index in [1.807, 2.05) is 0 Å². The molecule has 0 fully saturated rings. The number of aryl methyl sites for hydroxylation is 2. The van der Waals surface area contributed by atoms with Gasteiger partial charge >= 0.3 is 0 Å². The summed E-state index contributed by atoms with van der Waals surface area (Å²) in [4.78, 5) is 0. The molecule has 0 aromatic heterocycles. The first-order valence-corrected chi connectivity index (χ1v) is 8.35. The number of nitrogens with two attached hydrogens (primary N) is 1. The first-order valence-electron chi connectivity index (χ1n) is 6.48. The van der Waals surface area contributed by atoms with Crippen LogP contribution in [0.3, 0.4) is 0 Å². The smallest absolute Gasteiger partial charge is 0.0511 e. The number of hydrogen-bond donors (Lipinski definition) is 2. The third kappa shape index (κ3) is 3.81. The Morgan fingerprint density at radius 3 is 2.55 bits per heavy atom. The van der Waals surface area contributed by atoms with Crippen LogP contribution < -0.4 is 11.3 Å². The van der Waals surface area contributed by atoms with Crippen LogP contribution >= 0.6 is 38.5 Å². The van der Waals surface area contributed by atoms with Crippen LogP contribution in [0.1, 0.15) is 28.3 Å². The van der Waals surface area contributed by atoms with E-state index in [0.717, 1.165) is 10.9 Å². The van der Waals surface area contributed by atoms with Crippen LogP contribution in [0.25, 0.3) is 0 Å². The van der Waals surface area contributed by atoms with Crippen LogP contribution in [-0.4, -0.2) is 0 Å². The molecule has 2 nitrogen and oxygen atoms in total. The van der Waals surface area contributed by atoms with Crippen LogP contribution in [0.2, 0.25) is 0 Å². The van der Waals surface area contributed by atoms with Gasteiger partial charge in [0.1, 0.15) is 0 Å². The fraction of sp³-hybridized carbons (Fsp3) is 0.250. The zero-order valence-corrected chi connectivity index (χ0v) is 15.3. The predicted molar refractivity (Wildman–Crippen MR) is 96.5 cm³/mol. The van der Waals surface area contributed by atoms with Crippen molar-refractivity contribution in [2.75, 3.05) is 0 Å². The van der Waals surface area contributed by atoms with Gasteiger partial charge in [0.2, 0.25) is 0 Å². The average molecular weight is 445 g/mol. The topological polar surface area (TPSA) is 38.0 Å². The lowest BCUT2D eigenvalue weighted by Gasteiger charge is -2.19. The fourth-order valence-electron chi connectivity index (χ4n) is 2.21. The van der Waals surface area contributed by atoms with Crippen molar-refractivity contribution in [1.29, 1.82) is 0 Å². The molecule has 1 atom stereocenters. The predicted octanol–water partition coefficient (Wildman–Crippen LogP) is 4.42. The van der Waals surface area contributed by atoms with Gasteiger partial charge in [-0.2, -0.15) is 0 Å². The summed E-state index contributed by atoms with van der Waals surface area (Å²) in [6, 6.07) is 13.0. The van der Waals surface area contributed by atoms with E-state index in [1.54, 1.807) is 0 Å². The number of nitrogens with one attached hydrogen (secondary N) is 1. The number of hydrazine groups is 1. The van der Waals surface area contributed by atoms with Crippen molar-refractivity contribution in [2.45, 2.75) is 26.3 Å². The van der Waals surface area contributed by atoms with Crippen molar-refractivity contribution >= 4 is 38.5 Å². The molecule has 0 spiro atoms. The van der Waals surface area contributed by atoms with Crippen molar-refractivity contribution in [2.24, 2.45) is 5.84 Å². The van der Waals surface area contributed by atoms with E-state index >= 15 is 0 Å². The van der Waals surface area contributed by atoms with Crippen LogP contribution in [0, 0.1) is 17.4 Å². The molecule has 0 amide bonds. The standard InChI is InChI=1S/C16H18BrIN2/c1-10-3-4-12(7-11(10)2)8-16(20-19)14-9-13(18)5-6-15(14)17/h3-7,9,16,20H,8,19H2,1-2H3. The van der Waals surface area contributed by atoms with E-state index in [4.69, 9.17) is 5.84 Å². The van der Waals surface area contributed by atoms with Crippen molar-refractivity contribution < 1.29 is 0 Å². The number of hydrogen-bond acceptors (Lipinski definition) is 2. The SMILES string of the molecule is Cc1ccc(CC(NN)c2cc(I)ccc2Br)cc1C. The van der Waals surface area contributed by atoms with E-state index < -0.39 is 0 Å². The highest BCUT2D eigenvalue weighted by atomic mass is 127. The normalized spacial score (nSPS) is 12.4. The highest BCUT2D eigenvalue weighted by Crippen LogP contribution is 2.28. The molecule has 0 bridgehead atoms. The minimum atomic E-state index is 0.0983. The largest absolute Gasteiger partial charge is 0.271 e. The average Bonchev–Trinajstić information content (AvgIpc) is 2.43. The molecule has 2 aromatic carbocycles. The molecule has 0 aliphatic heterocycles. The van der Waals surface area contributed by atoms with Crippen LogP contribution in [-0.2, 0) is 6.42 Å². The Hall–Kier alpha value is -0.430. The highest BCUT2D eigenvalue weighted by molar-refractivity contribution is 14.1. The summed E-state index contributed by atoms with van der Waals surface area (Å²) in [5.41, 5.74) is 8.06. The van der Waals surface area contributed by atoms with Gasteiger partial charge in [-0.25, -0.2) is 0 Å². The highest BCUT2D eigenvalue weighted by Gasteiger charge is 2.14. The molecule has 4 heteroatoms. The molecule has 2 rings (SSSR count). The van der Waals surface area contributed by atoms with Crippen LogP contribution in [0.15, 0.2) is 40.9 Å². The lowest BCUT2D eigenvalue weighted by atomic mass is 9.97. The van der Waals surface area contributed by atoms with Gasteiger partial charge in [-0.05, 0) is 83.3 Å². The van der Waals surface area contributed by atoms with Gasteiger partial charge in [-0.3, -0.25) is 11.3 Å². The van der Waals surface area contributed by atoms with Gasteiger partial charge in [0.05, 0.1) is 6.04 Å². The molecule has 0 saturated heterocycles. The summed E-state index contributed by atoms with van der Waals surface area (Å²) in [6.07, 6.45) is 0.871. The van der Waals surface area contributed by atoms with Crippen LogP contribution in [0.5, 0.6) is 0 Å². The maximum absolute atomic E-state index is 5.77. The fourth-order valence-corrected chi connectivity index (χ4v) is 3.24. The zero-order valence-electron chi connectivity index (χ0n) is 11.6. The van der Waals surface area contributed by atoms with Crippen molar-refractivity contribution in [3.8, 4) is 0 Å². The molecule has 20 heavy (non-hydrogen) atoms. The molecule has 0 aliphatic rings. The quantitative estimate of drug-likeness (QED) is 0.416. The Morgan fingerprint density at radius 1 is 1.15 bits per heavy atom. The van der Waals surface area contributed by atoms with Crippen molar-refractivity contribution in [3.63, 3.8) is 0 Å². The summed E-state index contributed by atoms with van der Waals surface area (Å²) >= 11 is 5.94. The Morgan fingerprint density at radius 2 is 1.90 bits per heavy atom. The summed E-state index contributed by atoms with van der Waals surface area (Å²) in [7, 11) is 0. The lowest BCUT2D eigenvalue weighted by Crippen LogP contribution is -2.30. The van der Waals surface area contributed by atoms with E-state index in [1.165, 1.54) is 25.8 Å². The summed E-state index contributed by atoms with van der Waals surface area (Å²) in [6.45, 7) is 4.28. The molecular formula is C16H18BrIN2. The Balaban J connectivity index is 2.28. The van der Waals surface area contributed by atoms with Gasteiger partial charge in [0.25, 0.3) is 0 Å². The molecule has 2 aromatic rings. The van der Waals surface area contributed by atoms with Crippen LogP contribution in [0.4, 0.5) is 0 Å². The zero-order chi connectivity index (χ0) is 14.7. The molecule has 106 valence electrons. The van der Waals surface area contributed by atoms with Gasteiger partial charge < -0.3 is 0 Å². The monoisotopic (exact) mass is 444 g/mol. The number of benzene rings is 2. The Kier molecular flexibility index (Phi) is 5.60. The van der Waals surface area contributed by atoms with Gasteiger partial charge in [-0.15, -0.1) is 0 Å². The molecule has 0 aliphatic carbocycles. The second-order valence-electron chi connectivity index (χ2n) is 5.01. The third-order valence-corrected chi connectivity index (χ3v) is 4.94. The molecule has 0 radical (unpaired) electrons. The van der Waals surface area contributed by atoms with E-state index in [9.17, 15) is 0 Å². The van der Waals surface area contributed by atoms with E-state index in [2.05, 4.69) is 94.2 Å². The summed E-state index contributed by atoms with van der Waals surface area (Å²) < 4.78 is 2.30. The van der Waals surface area contributed by atoms with Gasteiger partial charge in [0.15, 0.2) is 0 Å². The lowest BCUT2D eigenvalue weighted by molar-refractivity contribution is 0.549. The second-order valence-corrected chi connectivity index (χ2v) is 7.11. The van der Waals surface area contributed by atoms with Gasteiger partial charge in [-0.1, -0.05) is 34.1 Å². The maximum atomic E-state index is 5.77. The minimum absolute atomic E-state index is 0.0983. The number of halogens is 2. The first kappa shape index (κ1) is 15.9. The number of rotatable bonds is 4. The van der Waals surface area contributed by atoms with E-state index in [0.29, 0.717) is 0 Å². The Labute approximate surface area is 142 Å². The first-order chi connectivity index (χ1) is 9.51. The summed E-state index contributed by atoms with van der Waals surface area (Å²) in [5, 5.41) is 0. The minimum Gasteiger partial charge on any atom is -0.271 e. The van der Waals surface area contributed by atoms with Crippen molar-refractivity contribution in [3.05, 3.63) is 66.7 Å². The second kappa shape index (κ2) is 7.02. The molecular weight excluding hydrogens is 427 g/mol. The molecule has 1 unspecified atom stereocenters. The Bertz CT molecular complexity index is 613. The van der Waals surface area contributed by atoms with E-state index in [-0.39, 0.29) is 6.04 Å². The molecule has 0 saturated carbocycles. The van der Waals surface area contributed by atoms with Gasteiger partial charge in [0, 0.05) is 8.04 Å². The molecule has 0 heterocycles.